The van der Waals surface area contributed by atoms with Gasteiger partial charge in [0.1, 0.15) is 0 Å². The minimum atomic E-state index is 0.689. The van der Waals surface area contributed by atoms with Crippen LogP contribution >= 0.6 is 27.3 Å². The number of aromatic nitrogens is 2. The highest BCUT2D eigenvalue weighted by Gasteiger charge is 2.27. The summed E-state index contributed by atoms with van der Waals surface area (Å²) in [5.41, 5.74) is 0. The molecule has 136 valence electrons. The van der Waals surface area contributed by atoms with E-state index in [1.54, 1.807) is 11.3 Å². The minimum absolute atomic E-state index is 0.689. The summed E-state index contributed by atoms with van der Waals surface area (Å²) in [6.45, 7) is 7.62. The summed E-state index contributed by atoms with van der Waals surface area (Å²) in [5, 5.41) is 6.16. The van der Waals surface area contributed by atoms with Gasteiger partial charge in [-0.25, -0.2) is 0 Å². The van der Waals surface area contributed by atoms with E-state index in [1.165, 1.54) is 25.9 Å². The molecule has 1 atom stereocenters. The number of thiophene rings is 1. The molecule has 25 heavy (non-hydrogen) atoms. The van der Waals surface area contributed by atoms with Crippen LogP contribution in [-0.4, -0.2) is 77.2 Å². The maximum absolute atomic E-state index is 5.46. The van der Waals surface area contributed by atoms with Crippen LogP contribution in [0, 0.1) is 0 Å². The predicted molar refractivity (Wildman–Crippen MR) is 103 cm³/mol. The Morgan fingerprint density at radius 3 is 2.84 bits per heavy atom. The van der Waals surface area contributed by atoms with Crippen molar-refractivity contribution in [1.82, 2.24) is 24.8 Å². The van der Waals surface area contributed by atoms with Crippen LogP contribution < -0.4 is 0 Å². The summed E-state index contributed by atoms with van der Waals surface area (Å²) < 4.78 is 6.52. The highest BCUT2D eigenvalue weighted by Crippen LogP contribution is 2.28. The normalized spacial score (nSPS) is 24.0. The molecular formula is C17H24BrN5OS. The van der Waals surface area contributed by atoms with Crippen LogP contribution in [0.15, 0.2) is 20.4 Å². The van der Waals surface area contributed by atoms with Crippen molar-refractivity contribution in [3.05, 3.63) is 21.8 Å². The van der Waals surface area contributed by atoms with E-state index in [-0.39, 0.29) is 0 Å². The summed E-state index contributed by atoms with van der Waals surface area (Å²) in [4.78, 5) is 13.1. The molecule has 0 spiro atoms. The number of likely N-dealkylation sites (tertiary alicyclic amines) is 1. The number of rotatable bonds is 4. The highest BCUT2D eigenvalue weighted by atomic mass is 79.9. The second kappa shape index (κ2) is 7.84. The average Bonchev–Trinajstić information content (AvgIpc) is 3.24. The van der Waals surface area contributed by atoms with Crippen molar-refractivity contribution in [3.8, 4) is 10.7 Å². The fourth-order valence-corrected chi connectivity index (χ4v) is 5.12. The maximum Gasteiger partial charge on any atom is 0.241 e. The van der Waals surface area contributed by atoms with Crippen LogP contribution in [0.3, 0.4) is 0 Å². The molecule has 1 unspecified atom stereocenters. The topological polar surface area (TPSA) is 48.6 Å². The van der Waals surface area contributed by atoms with Crippen molar-refractivity contribution in [2.45, 2.75) is 25.4 Å². The zero-order chi connectivity index (χ0) is 17.2. The molecule has 4 rings (SSSR count). The number of likely N-dealkylation sites (N-methyl/N-ethyl adjacent to an activating group) is 1. The van der Waals surface area contributed by atoms with Gasteiger partial charge in [-0.3, -0.25) is 9.80 Å². The van der Waals surface area contributed by atoms with Crippen molar-refractivity contribution < 1.29 is 4.52 Å². The van der Waals surface area contributed by atoms with Gasteiger partial charge >= 0.3 is 0 Å². The predicted octanol–water partition coefficient (Wildman–Crippen LogP) is 2.77. The lowest BCUT2D eigenvalue weighted by Gasteiger charge is -2.42. The van der Waals surface area contributed by atoms with E-state index in [0.29, 0.717) is 11.7 Å². The summed E-state index contributed by atoms with van der Waals surface area (Å²) in [6, 6.07) is 2.76. The molecule has 2 aliphatic rings. The first-order valence-electron chi connectivity index (χ1n) is 8.89. The molecule has 2 aliphatic heterocycles. The first kappa shape index (κ1) is 17.6. The van der Waals surface area contributed by atoms with Crippen LogP contribution in [0.2, 0.25) is 0 Å². The van der Waals surface area contributed by atoms with Crippen molar-refractivity contribution >= 4 is 27.3 Å². The molecule has 0 amide bonds. The number of hydrogen-bond donors (Lipinski definition) is 0. The van der Waals surface area contributed by atoms with Crippen LogP contribution in [0.1, 0.15) is 18.7 Å². The Hall–Kier alpha value is -0.800. The van der Waals surface area contributed by atoms with E-state index in [1.807, 2.05) is 11.4 Å². The first-order chi connectivity index (χ1) is 12.2. The molecule has 4 heterocycles. The molecule has 2 aromatic heterocycles. The molecular weight excluding hydrogens is 402 g/mol. The van der Waals surface area contributed by atoms with Crippen molar-refractivity contribution in [2.75, 3.05) is 46.3 Å². The summed E-state index contributed by atoms with van der Waals surface area (Å²) in [7, 11) is 2.24. The van der Waals surface area contributed by atoms with Gasteiger partial charge in [0.15, 0.2) is 0 Å². The van der Waals surface area contributed by atoms with E-state index in [0.717, 1.165) is 48.1 Å². The van der Waals surface area contributed by atoms with Crippen LogP contribution in [0.5, 0.6) is 0 Å². The lowest BCUT2D eigenvalue weighted by molar-refractivity contribution is 0.0531. The average molecular weight is 426 g/mol. The third kappa shape index (κ3) is 4.31. The Kier molecular flexibility index (Phi) is 5.52. The molecule has 0 aliphatic carbocycles. The second-order valence-corrected chi connectivity index (χ2v) is 8.84. The SMILES string of the molecule is CN1CCCC(N2CCN(Cc3nc(-c4cc(Br)cs4)no3)CC2)C1. The Bertz CT molecular complexity index is 697. The van der Waals surface area contributed by atoms with Gasteiger partial charge in [0.05, 0.1) is 11.4 Å². The fourth-order valence-electron chi connectivity index (χ4n) is 3.76. The van der Waals surface area contributed by atoms with Gasteiger partial charge in [0.2, 0.25) is 11.7 Å². The Morgan fingerprint density at radius 2 is 2.12 bits per heavy atom. The van der Waals surface area contributed by atoms with Crippen molar-refractivity contribution in [2.24, 2.45) is 0 Å². The van der Waals surface area contributed by atoms with Crippen molar-refractivity contribution in [3.63, 3.8) is 0 Å². The van der Waals surface area contributed by atoms with Gasteiger partial charge in [0, 0.05) is 48.6 Å². The molecule has 0 saturated carbocycles. The Balaban J connectivity index is 1.29. The van der Waals surface area contributed by atoms with Crippen LogP contribution in [0.4, 0.5) is 0 Å². The number of hydrogen-bond acceptors (Lipinski definition) is 7. The van der Waals surface area contributed by atoms with Crippen molar-refractivity contribution in [1.29, 1.82) is 0 Å². The molecule has 6 nitrogen and oxygen atoms in total. The van der Waals surface area contributed by atoms with Crippen LogP contribution in [0.25, 0.3) is 10.7 Å². The third-order valence-electron chi connectivity index (χ3n) is 5.14. The summed E-state index contributed by atoms with van der Waals surface area (Å²) >= 11 is 5.09. The number of piperidine rings is 1. The second-order valence-electron chi connectivity index (χ2n) is 7.01. The molecule has 2 fully saturated rings. The third-order valence-corrected chi connectivity index (χ3v) is 6.82. The van der Waals surface area contributed by atoms with Gasteiger partial charge in [0.25, 0.3) is 0 Å². The molecule has 0 aromatic carbocycles. The number of halogens is 1. The largest absolute Gasteiger partial charge is 0.338 e. The van der Waals surface area contributed by atoms with Gasteiger partial charge in [-0.15, -0.1) is 11.3 Å². The quantitative estimate of drug-likeness (QED) is 0.750. The summed E-state index contributed by atoms with van der Waals surface area (Å²) in [6.07, 6.45) is 2.67. The van der Waals surface area contributed by atoms with Crippen LogP contribution in [-0.2, 0) is 6.54 Å². The van der Waals surface area contributed by atoms with E-state index >= 15 is 0 Å². The van der Waals surface area contributed by atoms with Gasteiger partial charge in [-0.1, -0.05) is 5.16 Å². The van der Waals surface area contributed by atoms with E-state index in [2.05, 4.69) is 47.8 Å². The first-order valence-corrected chi connectivity index (χ1v) is 10.6. The highest BCUT2D eigenvalue weighted by molar-refractivity contribution is 9.10. The molecule has 2 saturated heterocycles. The standard InChI is InChI=1S/C17H24BrN5OS/c1-21-4-2-3-14(10-21)23-7-5-22(6-8-23)11-16-19-17(20-24-16)15-9-13(18)12-25-15/h9,12,14H,2-8,10-11H2,1H3. The van der Waals surface area contributed by atoms with E-state index in [4.69, 9.17) is 4.52 Å². The fraction of sp³-hybridized carbons (Fsp3) is 0.647. The maximum atomic E-state index is 5.46. The van der Waals surface area contributed by atoms with Gasteiger partial charge in [-0.05, 0) is 48.4 Å². The molecule has 0 radical (unpaired) electrons. The molecule has 0 N–H and O–H groups in total. The zero-order valence-corrected chi connectivity index (χ0v) is 16.9. The lowest BCUT2D eigenvalue weighted by atomic mass is 10.0. The zero-order valence-electron chi connectivity index (χ0n) is 14.5. The van der Waals surface area contributed by atoms with Gasteiger partial charge < -0.3 is 9.42 Å². The minimum Gasteiger partial charge on any atom is -0.338 e. The number of nitrogens with zero attached hydrogens (tertiary/aromatic N) is 5. The van der Waals surface area contributed by atoms with Gasteiger partial charge in [-0.2, -0.15) is 4.98 Å². The lowest BCUT2D eigenvalue weighted by Crippen LogP contribution is -2.54. The van der Waals surface area contributed by atoms with E-state index < -0.39 is 0 Å². The summed E-state index contributed by atoms with van der Waals surface area (Å²) in [5.74, 6) is 1.40. The monoisotopic (exact) mass is 425 g/mol. The Morgan fingerprint density at radius 1 is 1.28 bits per heavy atom. The molecule has 0 bridgehead atoms. The Labute approximate surface area is 160 Å². The smallest absolute Gasteiger partial charge is 0.241 e. The molecule has 2 aromatic rings. The molecule has 8 heteroatoms. The van der Waals surface area contributed by atoms with E-state index in [9.17, 15) is 0 Å². The number of piperazine rings is 1.